The highest BCUT2D eigenvalue weighted by Gasteiger charge is 2.28. The molecule has 6 nitrogen and oxygen atoms in total. The summed E-state index contributed by atoms with van der Waals surface area (Å²) in [6.07, 6.45) is 8.07. The average Bonchev–Trinajstić information content (AvgIpc) is 2.92. The lowest BCUT2D eigenvalue weighted by Crippen LogP contribution is -2.40. The topological polar surface area (TPSA) is 67.2 Å². The van der Waals surface area contributed by atoms with Crippen molar-refractivity contribution in [1.82, 2.24) is 18.6 Å². The number of imidazole rings is 1. The van der Waals surface area contributed by atoms with Crippen LogP contribution in [0.15, 0.2) is 12.4 Å². The van der Waals surface area contributed by atoms with Gasteiger partial charge in [-0.25, -0.2) is 9.71 Å². The number of nitrogens with zero attached hydrogens (tertiary/aromatic N) is 3. The molecule has 1 aliphatic carbocycles. The van der Waals surface area contributed by atoms with Gasteiger partial charge in [0.2, 0.25) is 0 Å². The van der Waals surface area contributed by atoms with Crippen LogP contribution in [-0.4, -0.2) is 41.9 Å². The predicted molar refractivity (Wildman–Crippen MR) is 71.9 cm³/mol. The summed E-state index contributed by atoms with van der Waals surface area (Å²) in [6.45, 7) is 2.37. The molecule has 2 fully saturated rings. The molecule has 0 spiro atoms. The summed E-state index contributed by atoms with van der Waals surface area (Å²) in [4.78, 5) is 4.35. The number of hydrogen-bond donors (Lipinski definition) is 1. The number of nitrogens with one attached hydrogen (secondary N) is 1. The van der Waals surface area contributed by atoms with Gasteiger partial charge < -0.3 is 4.57 Å². The van der Waals surface area contributed by atoms with Gasteiger partial charge in [0.1, 0.15) is 5.82 Å². The Bertz CT molecular complexity index is 530. The van der Waals surface area contributed by atoms with Crippen LogP contribution in [0, 0.1) is 0 Å². The molecule has 0 aromatic carbocycles. The van der Waals surface area contributed by atoms with E-state index in [1.807, 2.05) is 6.20 Å². The monoisotopic (exact) mass is 284 g/mol. The molecule has 0 bridgehead atoms. The van der Waals surface area contributed by atoms with Gasteiger partial charge in [-0.15, -0.1) is 0 Å². The van der Waals surface area contributed by atoms with E-state index in [0.29, 0.717) is 32.1 Å². The lowest BCUT2D eigenvalue weighted by atomic mass is 10.4. The van der Waals surface area contributed by atoms with Crippen LogP contribution in [0.2, 0.25) is 0 Å². The zero-order valence-electron chi connectivity index (χ0n) is 11.0. The van der Waals surface area contributed by atoms with Crippen LogP contribution in [-0.2, 0) is 16.8 Å². The molecule has 1 aliphatic heterocycles. The first-order valence-corrected chi connectivity index (χ1v) is 8.36. The molecule has 19 heavy (non-hydrogen) atoms. The van der Waals surface area contributed by atoms with E-state index < -0.39 is 10.2 Å². The van der Waals surface area contributed by atoms with Gasteiger partial charge in [-0.3, -0.25) is 0 Å². The highest BCUT2D eigenvalue weighted by Crippen LogP contribution is 2.38. The number of rotatable bonds is 6. The third kappa shape index (κ3) is 2.98. The van der Waals surface area contributed by atoms with Gasteiger partial charge in [0, 0.05) is 44.5 Å². The van der Waals surface area contributed by atoms with Crippen LogP contribution < -0.4 is 4.72 Å². The van der Waals surface area contributed by atoms with E-state index in [-0.39, 0.29) is 0 Å². The standard InChI is InChI=1S/C12H20N4O2S/c17-19(18,16-7-1-2-8-16)14-6-10-15-9-5-13-12(15)11-3-4-11/h5,9,11,14H,1-4,6-8,10H2. The third-order valence-electron chi connectivity index (χ3n) is 3.73. The van der Waals surface area contributed by atoms with Gasteiger partial charge in [0.05, 0.1) is 0 Å². The SMILES string of the molecule is O=S(=O)(NCCn1ccnc1C1CC1)N1CCCC1. The molecule has 0 radical (unpaired) electrons. The molecule has 0 atom stereocenters. The van der Waals surface area contributed by atoms with Crippen molar-refractivity contribution in [3.8, 4) is 0 Å². The molecule has 0 amide bonds. The maximum absolute atomic E-state index is 12.0. The zero-order chi connectivity index (χ0) is 13.3. The van der Waals surface area contributed by atoms with Crippen molar-refractivity contribution in [3.05, 3.63) is 18.2 Å². The summed E-state index contributed by atoms with van der Waals surface area (Å²) in [5.41, 5.74) is 0. The largest absolute Gasteiger partial charge is 0.333 e. The van der Waals surface area contributed by atoms with Crippen LogP contribution in [0.1, 0.15) is 37.4 Å². The summed E-state index contributed by atoms with van der Waals surface area (Å²) in [7, 11) is -3.28. The van der Waals surface area contributed by atoms with Gasteiger partial charge in [0.15, 0.2) is 0 Å². The minimum atomic E-state index is -3.28. The van der Waals surface area contributed by atoms with Gasteiger partial charge in [-0.05, 0) is 25.7 Å². The van der Waals surface area contributed by atoms with E-state index in [1.165, 1.54) is 17.1 Å². The zero-order valence-corrected chi connectivity index (χ0v) is 11.8. The van der Waals surface area contributed by atoms with Gasteiger partial charge in [0.25, 0.3) is 10.2 Å². The van der Waals surface area contributed by atoms with E-state index in [1.54, 1.807) is 6.20 Å². The third-order valence-corrected chi connectivity index (χ3v) is 5.35. The molecule has 3 rings (SSSR count). The minimum Gasteiger partial charge on any atom is -0.333 e. The summed E-state index contributed by atoms with van der Waals surface area (Å²) in [5, 5.41) is 0. The van der Waals surface area contributed by atoms with Crippen molar-refractivity contribution < 1.29 is 8.42 Å². The van der Waals surface area contributed by atoms with Crippen molar-refractivity contribution in [2.75, 3.05) is 19.6 Å². The molecule has 1 aromatic rings. The van der Waals surface area contributed by atoms with Crippen LogP contribution in [0.25, 0.3) is 0 Å². The molecular weight excluding hydrogens is 264 g/mol. The second kappa shape index (κ2) is 5.22. The highest BCUT2D eigenvalue weighted by molar-refractivity contribution is 7.87. The molecule has 106 valence electrons. The van der Waals surface area contributed by atoms with Gasteiger partial charge in [-0.1, -0.05) is 0 Å². The van der Waals surface area contributed by atoms with Crippen LogP contribution in [0.3, 0.4) is 0 Å². The van der Waals surface area contributed by atoms with Crippen molar-refractivity contribution in [2.45, 2.75) is 38.1 Å². The molecule has 1 saturated carbocycles. The molecule has 2 heterocycles. The first-order valence-electron chi connectivity index (χ1n) is 6.92. The van der Waals surface area contributed by atoms with E-state index in [9.17, 15) is 8.42 Å². The van der Waals surface area contributed by atoms with Crippen LogP contribution in [0.5, 0.6) is 0 Å². The predicted octanol–water partition coefficient (Wildman–Crippen LogP) is 0.691. The molecule has 2 aliphatic rings. The lowest BCUT2D eigenvalue weighted by Gasteiger charge is -2.16. The van der Waals surface area contributed by atoms with Gasteiger partial charge in [-0.2, -0.15) is 12.7 Å². The van der Waals surface area contributed by atoms with Crippen molar-refractivity contribution in [1.29, 1.82) is 0 Å². The Kier molecular flexibility index (Phi) is 3.60. The molecule has 1 saturated heterocycles. The van der Waals surface area contributed by atoms with Gasteiger partial charge >= 0.3 is 0 Å². The van der Waals surface area contributed by atoms with E-state index in [4.69, 9.17) is 0 Å². The Hall–Kier alpha value is -0.920. The fraction of sp³-hybridized carbons (Fsp3) is 0.750. The molecular formula is C12H20N4O2S. The highest BCUT2D eigenvalue weighted by atomic mass is 32.2. The van der Waals surface area contributed by atoms with Crippen molar-refractivity contribution >= 4 is 10.2 Å². The van der Waals surface area contributed by atoms with Crippen LogP contribution >= 0.6 is 0 Å². The lowest BCUT2D eigenvalue weighted by molar-refractivity contribution is 0.462. The maximum atomic E-state index is 12.0. The second-order valence-corrected chi connectivity index (χ2v) is 7.01. The summed E-state index contributed by atoms with van der Waals surface area (Å²) < 4.78 is 30.2. The Morgan fingerprint density at radius 1 is 1.32 bits per heavy atom. The second-order valence-electron chi connectivity index (χ2n) is 5.26. The normalized spacial score (nSPS) is 21.1. The first kappa shape index (κ1) is 13.1. The molecule has 1 aromatic heterocycles. The smallest absolute Gasteiger partial charge is 0.279 e. The molecule has 7 heteroatoms. The summed E-state index contributed by atoms with van der Waals surface area (Å²) >= 11 is 0. The van der Waals surface area contributed by atoms with E-state index >= 15 is 0 Å². The fourth-order valence-corrected chi connectivity index (χ4v) is 3.80. The minimum absolute atomic E-state index is 0.426. The van der Waals surface area contributed by atoms with Crippen molar-refractivity contribution in [2.24, 2.45) is 0 Å². The molecule has 0 unspecified atom stereocenters. The number of hydrogen-bond acceptors (Lipinski definition) is 3. The van der Waals surface area contributed by atoms with Crippen LogP contribution in [0.4, 0.5) is 0 Å². The Morgan fingerprint density at radius 2 is 2.05 bits per heavy atom. The van der Waals surface area contributed by atoms with Crippen molar-refractivity contribution in [3.63, 3.8) is 0 Å². The Balaban J connectivity index is 1.53. The summed E-state index contributed by atoms with van der Waals surface area (Å²) in [5.74, 6) is 1.69. The van der Waals surface area contributed by atoms with E-state index in [2.05, 4.69) is 14.3 Å². The Labute approximate surface area is 114 Å². The summed E-state index contributed by atoms with van der Waals surface area (Å²) in [6, 6.07) is 0. The van der Waals surface area contributed by atoms with E-state index in [0.717, 1.165) is 18.7 Å². The number of aromatic nitrogens is 2. The molecule has 1 N–H and O–H groups in total. The quantitative estimate of drug-likeness (QED) is 0.836. The Morgan fingerprint density at radius 3 is 2.74 bits per heavy atom. The average molecular weight is 284 g/mol. The first-order chi connectivity index (χ1) is 9.17. The maximum Gasteiger partial charge on any atom is 0.279 e. The fourth-order valence-electron chi connectivity index (χ4n) is 2.53.